The number of rotatable bonds is 2. The van der Waals surface area contributed by atoms with Gasteiger partial charge in [-0.15, -0.1) is 0 Å². The Morgan fingerprint density at radius 3 is 2.89 bits per heavy atom. The number of benzene rings is 1. The summed E-state index contributed by atoms with van der Waals surface area (Å²) < 4.78 is 1.17. The minimum absolute atomic E-state index is 0.0762. The molecule has 1 fully saturated rings. The maximum Gasteiger partial charge on any atom is 0.244 e. The number of carbonyl (C=O) groups is 1. The topological polar surface area (TPSA) is 41.1 Å². The van der Waals surface area contributed by atoms with Gasteiger partial charge in [0.1, 0.15) is 0 Å². The summed E-state index contributed by atoms with van der Waals surface area (Å²) in [6.07, 6.45) is 3.18. The van der Waals surface area contributed by atoms with E-state index in [-0.39, 0.29) is 5.91 Å². The third-order valence-electron chi connectivity index (χ3n) is 3.64. The first-order valence-electron chi connectivity index (χ1n) is 6.34. The van der Waals surface area contributed by atoms with Gasteiger partial charge in [-0.1, -0.05) is 6.07 Å². The van der Waals surface area contributed by atoms with Gasteiger partial charge in [0.2, 0.25) is 5.91 Å². The Hall–Kier alpha value is -0.620. The van der Waals surface area contributed by atoms with E-state index in [1.807, 2.05) is 32.0 Å². The molecule has 2 rings (SSSR count). The Labute approximate surface area is 122 Å². The molecular formula is C14H19IN2O. The summed E-state index contributed by atoms with van der Waals surface area (Å²) in [7, 11) is 0. The number of hydrogen-bond acceptors (Lipinski definition) is 2. The molecule has 18 heavy (non-hydrogen) atoms. The summed E-state index contributed by atoms with van der Waals surface area (Å²) in [6, 6.07) is 5.98. The van der Waals surface area contributed by atoms with Crippen LogP contribution >= 0.6 is 22.6 Å². The van der Waals surface area contributed by atoms with Crippen molar-refractivity contribution < 1.29 is 4.79 Å². The predicted octanol–water partition coefficient (Wildman–Crippen LogP) is 3.07. The summed E-state index contributed by atoms with van der Waals surface area (Å²) >= 11 is 2.29. The van der Waals surface area contributed by atoms with Crippen LogP contribution in [-0.2, 0) is 4.79 Å². The Bertz CT molecular complexity index is 453. The van der Waals surface area contributed by atoms with Crippen LogP contribution in [0.4, 0.5) is 5.69 Å². The fourth-order valence-corrected chi connectivity index (χ4v) is 2.75. The van der Waals surface area contributed by atoms with Crippen LogP contribution in [0.2, 0.25) is 0 Å². The van der Waals surface area contributed by atoms with Crippen molar-refractivity contribution in [1.29, 1.82) is 0 Å². The van der Waals surface area contributed by atoms with E-state index in [0.29, 0.717) is 0 Å². The molecule has 98 valence electrons. The van der Waals surface area contributed by atoms with E-state index in [1.165, 1.54) is 3.57 Å². The summed E-state index contributed by atoms with van der Waals surface area (Å²) in [5, 5.41) is 6.39. The molecule has 0 aromatic heterocycles. The Balaban J connectivity index is 2.13. The third kappa shape index (κ3) is 2.85. The first kappa shape index (κ1) is 13.8. The van der Waals surface area contributed by atoms with Crippen molar-refractivity contribution in [2.24, 2.45) is 0 Å². The van der Waals surface area contributed by atoms with Crippen LogP contribution in [0.3, 0.4) is 0 Å². The highest BCUT2D eigenvalue weighted by atomic mass is 127. The number of carbonyl (C=O) groups excluding carboxylic acids is 1. The van der Waals surface area contributed by atoms with Gasteiger partial charge >= 0.3 is 0 Å². The van der Waals surface area contributed by atoms with E-state index in [2.05, 4.69) is 33.2 Å². The lowest BCUT2D eigenvalue weighted by molar-refractivity contribution is -0.122. The van der Waals surface area contributed by atoms with Crippen LogP contribution in [0.25, 0.3) is 0 Å². The second kappa shape index (κ2) is 5.57. The van der Waals surface area contributed by atoms with E-state index in [0.717, 1.165) is 37.1 Å². The van der Waals surface area contributed by atoms with Gasteiger partial charge in [-0.25, -0.2) is 0 Å². The molecule has 1 aromatic carbocycles. The number of halogens is 1. The highest BCUT2D eigenvalue weighted by molar-refractivity contribution is 14.1. The van der Waals surface area contributed by atoms with Crippen LogP contribution in [0, 0.1) is 10.5 Å². The highest BCUT2D eigenvalue weighted by Crippen LogP contribution is 2.24. The minimum Gasteiger partial charge on any atom is -0.324 e. The van der Waals surface area contributed by atoms with Gasteiger partial charge in [-0.2, -0.15) is 0 Å². The van der Waals surface area contributed by atoms with Crippen LogP contribution in [0.15, 0.2) is 18.2 Å². The molecule has 1 aromatic rings. The van der Waals surface area contributed by atoms with Crippen LogP contribution in [0.5, 0.6) is 0 Å². The summed E-state index contributed by atoms with van der Waals surface area (Å²) in [4.78, 5) is 12.4. The fraction of sp³-hybridized carbons (Fsp3) is 0.500. The third-order valence-corrected chi connectivity index (χ3v) is 4.80. The highest BCUT2D eigenvalue weighted by Gasteiger charge is 2.34. The zero-order chi connectivity index (χ0) is 13.2. The number of hydrogen-bond donors (Lipinski definition) is 2. The largest absolute Gasteiger partial charge is 0.324 e. The molecule has 1 aliphatic rings. The molecule has 3 nitrogen and oxygen atoms in total. The lowest BCUT2D eigenvalue weighted by atomic mass is 9.90. The van der Waals surface area contributed by atoms with E-state index >= 15 is 0 Å². The quantitative estimate of drug-likeness (QED) is 0.798. The maximum absolute atomic E-state index is 12.4. The summed E-state index contributed by atoms with van der Waals surface area (Å²) in [6.45, 7) is 4.95. The average Bonchev–Trinajstić information content (AvgIpc) is 2.36. The van der Waals surface area contributed by atoms with Crippen molar-refractivity contribution in [3.8, 4) is 0 Å². The standard InChI is InChI=1S/C14H19IN2O/c1-10-11(15)6-5-7-12(10)17-13(18)14(2)8-3-4-9-16-14/h5-7,16H,3-4,8-9H2,1-2H3,(H,17,18). The summed E-state index contributed by atoms with van der Waals surface area (Å²) in [5.74, 6) is 0.0762. The van der Waals surface area contributed by atoms with Gasteiger partial charge in [-0.05, 0) is 79.9 Å². The van der Waals surface area contributed by atoms with Gasteiger partial charge in [0.05, 0.1) is 5.54 Å². The summed E-state index contributed by atoms with van der Waals surface area (Å²) in [5.41, 5.74) is 1.62. The smallest absolute Gasteiger partial charge is 0.244 e. The van der Waals surface area contributed by atoms with Crippen molar-refractivity contribution >= 4 is 34.2 Å². The molecule has 0 bridgehead atoms. The van der Waals surface area contributed by atoms with E-state index in [1.54, 1.807) is 0 Å². The minimum atomic E-state index is -0.425. The molecule has 1 atom stereocenters. The normalized spacial score (nSPS) is 23.7. The molecule has 1 saturated heterocycles. The second-order valence-electron chi connectivity index (χ2n) is 5.08. The lowest BCUT2D eigenvalue weighted by Gasteiger charge is -2.33. The molecule has 2 N–H and O–H groups in total. The van der Waals surface area contributed by atoms with Crippen LogP contribution in [-0.4, -0.2) is 18.0 Å². The number of amides is 1. The van der Waals surface area contributed by atoms with Gasteiger partial charge in [0, 0.05) is 9.26 Å². The SMILES string of the molecule is Cc1c(I)cccc1NC(=O)C1(C)CCCCN1. The zero-order valence-corrected chi connectivity index (χ0v) is 13.0. The number of nitrogens with one attached hydrogen (secondary N) is 2. The maximum atomic E-state index is 12.4. The van der Waals surface area contributed by atoms with E-state index < -0.39 is 5.54 Å². The molecule has 1 heterocycles. The second-order valence-corrected chi connectivity index (χ2v) is 6.24. The lowest BCUT2D eigenvalue weighted by Crippen LogP contribution is -2.54. The average molecular weight is 358 g/mol. The number of anilines is 1. The Morgan fingerprint density at radius 2 is 2.22 bits per heavy atom. The molecule has 1 aliphatic heterocycles. The van der Waals surface area contributed by atoms with Crippen molar-refractivity contribution in [1.82, 2.24) is 5.32 Å². The fourth-order valence-electron chi connectivity index (χ4n) is 2.25. The first-order valence-corrected chi connectivity index (χ1v) is 7.42. The molecule has 0 saturated carbocycles. The van der Waals surface area contributed by atoms with E-state index in [4.69, 9.17) is 0 Å². The molecule has 0 aliphatic carbocycles. The molecule has 1 amide bonds. The Morgan fingerprint density at radius 1 is 1.44 bits per heavy atom. The molecule has 4 heteroatoms. The molecule has 1 unspecified atom stereocenters. The van der Waals surface area contributed by atoms with Gasteiger partial charge in [-0.3, -0.25) is 4.79 Å². The van der Waals surface area contributed by atoms with Crippen LogP contribution < -0.4 is 10.6 Å². The van der Waals surface area contributed by atoms with E-state index in [9.17, 15) is 4.79 Å². The molecular weight excluding hydrogens is 339 g/mol. The first-order chi connectivity index (χ1) is 8.53. The van der Waals surface area contributed by atoms with Gasteiger partial charge in [0.25, 0.3) is 0 Å². The predicted molar refractivity (Wildman–Crippen MR) is 82.8 cm³/mol. The van der Waals surface area contributed by atoms with Crippen molar-refractivity contribution in [3.05, 3.63) is 27.3 Å². The number of piperidine rings is 1. The van der Waals surface area contributed by atoms with Crippen molar-refractivity contribution in [3.63, 3.8) is 0 Å². The van der Waals surface area contributed by atoms with Crippen molar-refractivity contribution in [2.75, 3.05) is 11.9 Å². The monoisotopic (exact) mass is 358 g/mol. The van der Waals surface area contributed by atoms with Crippen LogP contribution in [0.1, 0.15) is 31.7 Å². The molecule has 0 spiro atoms. The molecule has 0 radical (unpaired) electrons. The Kier molecular flexibility index (Phi) is 4.27. The van der Waals surface area contributed by atoms with Gasteiger partial charge < -0.3 is 10.6 Å². The van der Waals surface area contributed by atoms with Crippen molar-refractivity contribution in [2.45, 2.75) is 38.6 Å². The van der Waals surface area contributed by atoms with Gasteiger partial charge in [0.15, 0.2) is 0 Å². The zero-order valence-electron chi connectivity index (χ0n) is 10.8.